The van der Waals surface area contributed by atoms with E-state index in [0.717, 1.165) is 35.9 Å². The second kappa shape index (κ2) is 5.53. The third-order valence-corrected chi connectivity index (χ3v) is 3.88. The highest BCUT2D eigenvalue weighted by Gasteiger charge is 2.10. The summed E-state index contributed by atoms with van der Waals surface area (Å²) in [4.78, 5) is 5.42. The van der Waals surface area contributed by atoms with Crippen LogP contribution in [-0.2, 0) is 6.42 Å². The molecule has 1 aromatic carbocycles. The van der Waals surface area contributed by atoms with Crippen molar-refractivity contribution in [1.82, 2.24) is 4.98 Å². The molecule has 0 atom stereocenters. The lowest BCUT2D eigenvalue weighted by atomic mass is 10.1. The molecular weight excluding hydrogens is 256 g/mol. The van der Waals surface area contributed by atoms with Gasteiger partial charge in [0.25, 0.3) is 0 Å². The van der Waals surface area contributed by atoms with Crippen LogP contribution in [0.25, 0.3) is 0 Å². The highest BCUT2D eigenvalue weighted by Crippen LogP contribution is 2.30. The molecule has 0 unspecified atom stereocenters. The van der Waals surface area contributed by atoms with Crippen LogP contribution in [0, 0.1) is 6.92 Å². The number of hydrogen-bond donors (Lipinski definition) is 1. The Morgan fingerprint density at radius 1 is 1.26 bits per heavy atom. The van der Waals surface area contributed by atoms with Gasteiger partial charge in [-0.2, -0.15) is 0 Å². The van der Waals surface area contributed by atoms with Crippen molar-refractivity contribution in [2.45, 2.75) is 24.7 Å². The fraction of sp³-hybridized carbons (Fsp3) is 0.267. The van der Waals surface area contributed by atoms with Crippen LogP contribution < -0.4 is 9.46 Å². The lowest BCUT2D eigenvalue weighted by Crippen LogP contribution is -2.08. The molecule has 0 saturated carbocycles. The van der Waals surface area contributed by atoms with Crippen LogP contribution >= 0.6 is 11.9 Å². The van der Waals surface area contributed by atoms with Gasteiger partial charge >= 0.3 is 0 Å². The predicted molar refractivity (Wildman–Crippen MR) is 78.7 cm³/mol. The zero-order valence-electron chi connectivity index (χ0n) is 10.8. The second-order valence-electron chi connectivity index (χ2n) is 4.64. The predicted octanol–water partition coefficient (Wildman–Crippen LogP) is 3.83. The van der Waals surface area contributed by atoms with E-state index < -0.39 is 0 Å². The van der Waals surface area contributed by atoms with Gasteiger partial charge in [-0.3, -0.25) is 0 Å². The van der Waals surface area contributed by atoms with Crippen molar-refractivity contribution in [2.75, 3.05) is 11.3 Å². The van der Waals surface area contributed by atoms with Gasteiger partial charge in [0.05, 0.1) is 6.61 Å². The summed E-state index contributed by atoms with van der Waals surface area (Å²) in [6.45, 7) is 2.89. The molecule has 0 radical (unpaired) electrons. The number of anilines is 1. The normalized spacial score (nSPS) is 13.5. The molecule has 2 heterocycles. The molecular formula is C15H16N2OS. The quantitative estimate of drug-likeness (QED) is 0.861. The molecule has 1 aliphatic heterocycles. The first-order valence-electron chi connectivity index (χ1n) is 6.42. The van der Waals surface area contributed by atoms with Gasteiger partial charge in [-0.1, -0.05) is 6.07 Å². The molecule has 19 heavy (non-hydrogen) atoms. The molecule has 0 amide bonds. The van der Waals surface area contributed by atoms with Gasteiger partial charge in [0, 0.05) is 11.1 Å². The molecule has 2 aromatic rings. The third-order valence-electron chi connectivity index (χ3n) is 3.08. The Bertz CT molecular complexity index is 586. The number of hydrogen-bond acceptors (Lipinski definition) is 4. The van der Waals surface area contributed by atoms with Gasteiger partial charge in [-0.15, -0.1) is 0 Å². The van der Waals surface area contributed by atoms with Crippen molar-refractivity contribution in [2.24, 2.45) is 0 Å². The van der Waals surface area contributed by atoms with E-state index in [-0.39, 0.29) is 0 Å². The Balaban J connectivity index is 1.70. The number of aromatic nitrogens is 1. The first-order chi connectivity index (χ1) is 9.31. The SMILES string of the molecule is Cc1ccnc(NSc2ccc3c(c2)OCCC3)c1. The van der Waals surface area contributed by atoms with Crippen LogP contribution in [0.3, 0.4) is 0 Å². The van der Waals surface area contributed by atoms with Crippen LogP contribution in [0.15, 0.2) is 41.4 Å². The molecule has 98 valence electrons. The van der Waals surface area contributed by atoms with E-state index in [1.54, 1.807) is 11.9 Å². The monoisotopic (exact) mass is 272 g/mol. The molecule has 4 heteroatoms. The highest BCUT2D eigenvalue weighted by atomic mass is 32.2. The summed E-state index contributed by atoms with van der Waals surface area (Å²) >= 11 is 1.56. The number of rotatable bonds is 3. The Kier molecular flexibility index (Phi) is 3.60. The summed E-state index contributed by atoms with van der Waals surface area (Å²) in [6.07, 6.45) is 4.05. The fourth-order valence-electron chi connectivity index (χ4n) is 2.09. The van der Waals surface area contributed by atoms with E-state index in [9.17, 15) is 0 Å². The van der Waals surface area contributed by atoms with E-state index in [0.29, 0.717) is 0 Å². The Hall–Kier alpha value is -1.68. The van der Waals surface area contributed by atoms with Crippen LogP contribution in [0.5, 0.6) is 5.75 Å². The van der Waals surface area contributed by atoms with Crippen LogP contribution in [0.2, 0.25) is 0 Å². The van der Waals surface area contributed by atoms with Gasteiger partial charge in [0.1, 0.15) is 11.6 Å². The first-order valence-corrected chi connectivity index (χ1v) is 7.24. The number of pyridine rings is 1. The van der Waals surface area contributed by atoms with E-state index in [1.165, 1.54) is 11.1 Å². The van der Waals surface area contributed by atoms with E-state index in [1.807, 2.05) is 18.3 Å². The molecule has 1 aliphatic rings. The number of nitrogens with one attached hydrogen (secondary N) is 1. The van der Waals surface area contributed by atoms with Crippen molar-refractivity contribution < 1.29 is 4.74 Å². The number of ether oxygens (including phenoxy) is 1. The van der Waals surface area contributed by atoms with Crippen molar-refractivity contribution in [3.05, 3.63) is 47.7 Å². The maximum absolute atomic E-state index is 5.68. The molecule has 0 saturated heterocycles. The lowest BCUT2D eigenvalue weighted by Gasteiger charge is -2.17. The number of aryl methyl sites for hydroxylation is 2. The standard InChI is InChI=1S/C15H16N2OS/c1-11-6-7-16-15(9-11)17-19-13-5-4-12-3-2-8-18-14(12)10-13/h4-7,9-10H,2-3,8H2,1H3,(H,16,17). The van der Waals surface area contributed by atoms with Gasteiger partial charge in [-0.05, 0) is 67.1 Å². The number of benzene rings is 1. The molecule has 0 bridgehead atoms. The summed E-state index contributed by atoms with van der Waals surface area (Å²) in [6, 6.07) is 10.4. The van der Waals surface area contributed by atoms with Gasteiger partial charge in [0.2, 0.25) is 0 Å². The molecule has 3 nitrogen and oxygen atoms in total. The molecule has 0 aliphatic carbocycles. The van der Waals surface area contributed by atoms with Gasteiger partial charge in [-0.25, -0.2) is 4.98 Å². The molecule has 0 fully saturated rings. The summed E-state index contributed by atoms with van der Waals surface area (Å²) in [5, 5.41) is 0. The zero-order valence-corrected chi connectivity index (χ0v) is 11.7. The molecule has 1 N–H and O–H groups in total. The largest absolute Gasteiger partial charge is 0.493 e. The van der Waals surface area contributed by atoms with Crippen molar-refractivity contribution >= 4 is 17.8 Å². The minimum Gasteiger partial charge on any atom is -0.493 e. The summed E-state index contributed by atoms with van der Waals surface area (Å²) in [5.41, 5.74) is 2.51. The van der Waals surface area contributed by atoms with Gasteiger partial charge < -0.3 is 9.46 Å². The third kappa shape index (κ3) is 3.01. The summed E-state index contributed by atoms with van der Waals surface area (Å²) in [7, 11) is 0. The second-order valence-corrected chi connectivity index (χ2v) is 5.52. The average Bonchev–Trinajstić information content (AvgIpc) is 2.45. The van der Waals surface area contributed by atoms with Gasteiger partial charge in [0.15, 0.2) is 0 Å². The lowest BCUT2D eigenvalue weighted by molar-refractivity contribution is 0.287. The Morgan fingerprint density at radius 3 is 3.11 bits per heavy atom. The molecule has 0 spiro atoms. The van der Waals surface area contributed by atoms with Crippen molar-refractivity contribution in [3.63, 3.8) is 0 Å². The van der Waals surface area contributed by atoms with Crippen molar-refractivity contribution in [1.29, 1.82) is 0 Å². The molecule has 1 aromatic heterocycles. The topological polar surface area (TPSA) is 34.2 Å². The minimum atomic E-state index is 0.827. The van der Waals surface area contributed by atoms with E-state index in [4.69, 9.17) is 4.74 Å². The van der Waals surface area contributed by atoms with Crippen LogP contribution in [0.4, 0.5) is 5.82 Å². The highest BCUT2D eigenvalue weighted by molar-refractivity contribution is 8.00. The van der Waals surface area contributed by atoms with E-state index in [2.05, 4.69) is 34.8 Å². The minimum absolute atomic E-state index is 0.827. The maximum Gasteiger partial charge on any atom is 0.136 e. The zero-order chi connectivity index (χ0) is 13.1. The summed E-state index contributed by atoms with van der Waals surface area (Å²) < 4.78 is 8.94. The van der Waals surface area contributed by atoms with Crippen molar-refractivity contribution in [3.8, 4) is 5.75 Å². The molecule has 3 rings (SSSR count). The first kappa shape index (κ1) is 12.4. The van der Waals surface area contributed by atoms with Crippen LogP contribution in [0.1, 0.15) is 17.5 Å². The number of fused-ring (bicyclic) bond motifs is 1. The Labute approximate surface area is 117 Å². The van der Waals surface area contributed by atoms with E-state index >= 15 is 0 Å². The average molecular weight is 272 g/mol. The smallest absolute Gasteiger partial charge is 0.136 e. The fourth-order valence-corrected chi connectivity index (χ4v) is 2.72. The van der Waals surface area contributed by atoms with Crippen LogP contribution in [-0.4, -0.2) is 11.6 Å². The summed E-state index contributed by atoms with van der Waals surface area (Å²) in [5.74, 6) is 1.90. The maximum atomic E-state index is 5.68. The Morgan fingerprint density at radius 2 is 2.21 bits per heavy atom. The number of nitrogens with zero attached hydrogens (tertiary/aromatic N) is 1.